The molecule has 0 fully saturated rings. The van der Waals surface area contributed by atoms with Crippen LogP contribution in [0.2, 0.25) is 0 Å². The molecule has 0 aliphatic carbocycles. The molecule has 3 rings (SSSR count). The zero-order valence-corrected chi connectivity index (χ0v) is 16.2. The number of carbonyl (C=O) groups is 2. The number of fused-ring (bicyclic) bond motifs is 1. The minimum Gasteiger partial charge on any atom is -0.507 e. The second-order valence-corrected chi connectivity index (χ2v) is 6.93. The van der Waals surface area contributed by atoms with E-state index < -0.39 is 18.5 Å². The van der Waals surface area contributed by atoms with E-state index in [4.69, 9.17) is 4.74 Å². The largest absolute Gasteiger partial charge is 0.507 e. The summed E-state index contributed by atoms with van der Waals surface area (Å²) < 4.78 is 5.09. The molecule has 1 atom stereocenters. The second-order valence-electron chi connectivity index (χ2n) is 6.93. The number of ether oxygens (including phenoxy) is 1. The quantitative estimate of drug-likeness (QED) is 0.654. The molecule has 2 N–H and O–H groups in total. The zero-order valence-electron chi connectivity index (χ0n) is 16.2. The van der Waals surface area contributed by atoms with Gasteiger partial charge >= 0.3 is 5.97 Å². The second kappa shape index (κ2) is 8.13. The lowest BCUT2D eigenvalue weighted by molar-refractivity contribution is -0.124. The van der Waals surface area contributed by atoms with Crippen molar-refractivity contribution in [3.05, 3.63) is 76.9 Å². The number of nitrogens with one attached hydrogen (secondary N) is 1. The smallest absolute Gasteiger partial charge is 0.342 e. The van der Waals surface area contributed by atoms with Crippen LogP contribution in [0.25, 0.3) is 10.8 Å². The first-order valence-corrected chi connectivity index (χ1v) is 9.10. The van der Waals surface area contributed by atoms with E-state index in [9.17, 15) is 14.7 Å². The van der Waals surface area contributed by atoms with E-state index in [0.29, 0.717) is 0 Å². The van der Waals surface area contributed by atoms with Crippen LogP contribution in [0.5, 0.6) is 5.75 Å². The van der Waals surface area contributed by atoms with Gasteiger partial charge in [0.05, 0.1) is 6.04 Å². The van der Waals surface area contributed by atoms with Crippen LogP contribution in [0.1, 0.15) is 40.0 Å². The average molecular weight is 377 g/mol. The number of rotatable bonds is 5. The Kier molecular flexibility index (Phi) is 5.64. The molecule has 5 nitrogen and oxygen atoms in total. The third kappa shape index (κ3) is 4.31. The molecular weight excluding hydrogens is 354 g/mol. The lowest BCUT2D eigenvalue weighted by Gasteiger charge is -2.16. The van der Waals surface area contributed by atoms with E-state index in [-0.39, 0.29) is 17.4 Å². The van der Waals surface area contributed by atoms with Crippen LogP contribution >= 0.6 is 0 Å². The van der Waals surface area contributed by atoms with Crippen LogP contribution in [-0.4, -0.2) is 23.6 Å². The molecule has 0 spiro atoms. The molecule has 144 valence electrons. The topological polar surface area (TPSA) is 75.6 Å². The predicted octanol–water partition coefficient (Wildman–Crippen LogP) is 4.20. The number of aryl methyl sites for hydroxylation is 2. The van der Waals surface area contributed by atoms with Crippen molar-refractivity contribution < 1.29 is 19.4 Å². The van der Waals surface area contributed by atoms with Gasteiger partial charge in [-0.05, 0) is 60.4 Å². The van der Waals surface area contributed by atoms with Gasteiger partial charge in [0.1, 0.15) is 11.3 Å². The van der Waals surface area contributed by atoms with Gasteiger partial charge in [-0.2, -0.15) is 0 Å². The summed E-state index contributed by atoms with van der Waals surface area (Å²) >= 11 is 0. The van der Waals surface area contributed by atoms with E-state index >= 15 is 0 Å². The molecule has 3 aromatic carbocycles. The molecule has 0 radical (unpaired) electrons. The van der Waals surface area contributed by atoms with Gasteiger partial charge in [-0.15, -0.1) is 0 Å². The normalized spacial score (nSPS) is 11.8. The number of phenols is 1. The fraction of sp³-hybridized carbons (Fsp3) is 0.217. The van der Waals surface area contributed by atoms with Crippen molar-refractivity contribution in [1.82, 2.24) is 5.32 Å². The number of hydrogen-bond acceptors (Lipinski definition) is 4. The first kappa shape index (κ1) is 19.4. The standard InChI is InChI=1S/C23H23NO4/c1-14-8-9-17(10-15(14)2)16(3)24-22(26)13-28-23(27)20-11-18-6-4-5-7-19(18)12-21(20)25/h4-12,16,25H,13H2,1-3H3,(H,24,26)/t16-/m1/s1. The molecule has 0 bridgehead atoms. The lowest BCUT2D eigenvalue weighted by atomic mass is 10.0. The molecule has 0 aromatic heterocycles. The third-order valence-electron chi connectivity index (χ3n) is 4.83. The van der Waals surface area contributed by atoms with Gasteiger partial charge in [-0.1, -0.05) is 42.5 Å². The van der Waals surface area contributed by atoms with Crippen LogP contribution in [0, 0.1) is 13.8 Å². The number of carbonyl (C=O) groups excluding carboxylic acids is 2. The van der Waals surface area contributed by atoms with Crippen LogP contribution in [0.4, 0.5) is 0 Å². The summed E-state index contributed by atoms with van der Waals surface area (Å²) in [7, 11) is 0. The van der Waals surface area contributed by atoms with Crippen molar-refractivity contribution in [3.63, 3.8) is 0 Å². The first-order chi connectivity index (χ1) is 13.3. The molecule has 0 aliphatic heterocycles. The Balaban J connectivity index is 1.61. The van der Waals surface area contributed by atoms with Crippen LogP contribution < -0.4 is 5.32 Å². The maximum Gasteiger partial charge on any atom is 0.342 e. The third-order valence-corrected chi connectivity index (χ3v) is 4.83. The van der Waals surface area contributed by atoms with Crippen molar-refractivity contribution in [2.45, 2.75) is 26.8 Å². The van der Waals surface area contributed by atoms with E-state index in [1.54, 1.807) is 6.07 Å². The SMILES string of the molecule is Cc1ccc([C@@H](C)NC(=O)COC(=O)c2cc3ccccc3cc2O)cc1C. The molecule has 0 unspecified atom stereocenters. The maximum absolute atomic E-state index is 12.3. The number of aromatic hydroxyl groups is 1. The monoisotopic (exact) mass is 377 g/mol. The van der Waals surface area contributed by atoms with E-state index in [2.05, 4.69) is 5.32 Å². The van der Waals surface area contributed by atoms with Crippen molar-refractivity contribution in [2.75, 3.05) is 6.61 Å². The average Bonchev–Trinajstić information content (AvgIpc) is 2.67. The van der Waals surface area contributed by atoms with Gasteiger partial charge in [0.25, 0.3) is 5.91 Å². The Labute approximate surface area is 164 Å². The minimum atomic E-state index is -0.739. The molecule has 0 aliphatic rings. The summed E-state index contributed by atoms with van der Waals surface area (Å²) in [6, 6.07) is 16.2. The fourth-order valence-corrected chi connectivity index (χ4v) is 3.00. The molecule has 0 saturated heterocycles. The van der Waals surface area contributed by atoms with Crippen LogP contribution in [0.3, 0.4) is 0 Å². The van der Waals surface area contributed by atoms with Crippen molar-refractivity contribution >= 4 is 22.6 Å². The molecule has 3 aromatic rings. The Bertz CT molecular complexity index is 1040. The predicted molar refractivity (Wildman–Crippen MR) is 108 cm³/mol. The van der Waals surface area contributed by atoms with Crippen molar-refractivity contribution in [1.29, 1.82) is 0 Å². The highest BCUT2D eigenvalue weighted by atomic mass is 16.5. The van der Waals surface area contributed by atoms with Gasteiger partial charge in [0.2, 0.25) is 0 Å². The molecule has 5 heteroatoms. The minimum absolute atomic E-state index is 0.0358. The number of hydrogen-bond donors (Lipinski definition) is 2. The Hall–Kier alpha value is -3.34. The molecular formula is C23H23NO4. The summed E-state index contributed by atoms with van der Waals surface area (Å²) in [5.41, 5.74) is 3.35. The first-order valence-electron chi connectivity index (χ1n) is 9.10. The highest BCUT2D eigenvalue weighted by molar-refractivity contribution is 5.99. The van der Waals surface area contributed by atoms with Crippen LogP contribution in [0.15, 0.2) is 54.6 Å². The summed E-state index contributed by atoms with van der Waals surface area (Å²) in [4.78, 5) is 24.5. The Morgan fingerprint density at radius 1 is 1.00 bits per heavy atom. The van der Waals surface area contributed by atoms with E-state index in [1.165, 1.54) is 11.6 Å². The highest BCUT2D eigenvalue weighted by Gasteiger charge is 2.17. The van der Waals surface area contributed by atoms with Gasteiger partial charge in [-0.25, -0.2) is 4.79 Å². The maximum atomic E-state index is 12.3. The van der Waals surface area contributed by atoms with Crippen molar-refractivity contribution in [2.24, 2.45) is 0 Å². The van der Waals surface area contributed by atoms with Crippen LogP contribution in [-0.2, 0) is 9.53 Å². The zero-order chi connectivity index (χ0) is 20.3. The summed E-state index contributed by atoms with van der Waals surface area (Å²) in [5, 5.41) is 14.5. The number of phenolic OH excluding ortho intramolecular Hbond substituents is 1. The summed E-state index contributed by atoms with van der Waals surface area (Å²) in [6.45, 7) is 5.51. The van der Waals surface area contributed by atoms with Crippen molar-refractivity contribution in [3.8, 4) is 5.75 Å². The summed E-state index contributed by atoms with van der Waals surface area (Å²) in [6.07, 6.45) is 0. The lowest BCUT2D eigenvalue weighted by Crippen LogP contribution is -2.31. The molecule has 0 saturated carbocycles. The summed E-state index contributed by atoms with van der Waals surface area (Å²) in [5.74, 6) is -1.32. The molecule has 0 heterocycles. The van der Waals surface area contributed by atoms with E-state index in [0.717, 1.165) is 21.9 Å². The van der Waals surface area contributed by atoms with Gasteiger partial charge in [0, 0.05) is 0 Å². The molecule has 28 heavy (non-hydrogen) atoms. The van der Waals surface area contributed by atoms with Gasteiger partial charge in [0.15, 0.2) is 6.61 Å². The highest BCUT2D eigenvalue weighted by Crippen LogP contribution is 2.25. The van der Waals surface area contributed by atoms with Gasteiger partial charge in [-0.3, -0.25) is 4.79 Å². The number of amides is 1. The number of benzene rings is 3. The Morgan fingerprint density at radius 3 is 2.36 bits per heavy atom. The Morgan fingerprint density at radius 2 is 1.68 bits per heavy atom. The van der Waals surface area contributed by atoms with E-state index in [1.807, 2.05) is 63.2 Å². The fourth-order valence-electron chi connectivity index (χ4n) is 3.00. The molecule has 1 amide bonds. The van der Waals surface area contributed by atoms with Gasteiger partial charge < -0.3 is 15.2 Å². The number of esters is 1.